The van der Waals surface area contributed by atoms with Gasteiger partial charge in [-0.1, -0.05) is 45.0 Å². The average Bonchev–Trinajstić information content (AvgIpc) is 3.10. The molecule has 1 heterocycles. The maximum absolute atomic E-state index is 12.4. The molecule has 1 aromatic carbocycles. The topological polar surface area (TPSA) is 84.2 Å². The van der Waals surface area contributed by atoms with Crippen molar-refractivity contribution < 1.29 is 14.7 Å². The fraction of sp³-hybridized carbons (Fsp3) is 0.450. The van der Waals surface area contributed by atoms with E-state index in [1.54, 1.807) is 24.7 Å². The number of carbonyl (C=O) groups excluding carboxylic acids is 1. The van der Waals surface area contributed by atoms with Crippen molar-refractivity contribution in [2.75, 3.05) is 6.54 Å². The molecule has 2 N–H and O–H groups in total. The highest BCUT2D eigenvalue weighted by Gasteiger charge is 2.22. The van der Waals surface area contributed by atoms with Crippen molar-refractivity contribution in [1.82, 2.24) is 14.9 Å². The number of benzene rings is 1. The molecule has 0 bridgehead atoms. The third-order valence-electron chi connectivity index (χ3n) is 4.30. The molecule has 0 aliphatic rings. The Kier molecular flexibility index (Phi) is 6.69. The molecule has 2 aromatic rings. The molecule has 6 nitrogen and oxygen atoms in total. The van der Waals surface area contributed by atoms with Crippen molar-refractivity contribution in [1.29, 1.82) is 0 Å². The van der Waals surface area contributed by atoms with Crippen LogP contribution in [0.25, 0.3) is 0 Å². The van der Waals surface area contributed by atoms with Crippen LogP contribution in [0.4, 0.5) is 0 Å². The van der Waals surface area contributed by atoms with Gasteiger partial charge >= 0.3 is 5.97 Å². The van der Waals surface area contributed by atoms with Crippen molar-refractivity contribution in [3.63, 3.8) is 0 Å². The van der Waals surface area contributed by atoms with Gasteiger partial charge in [-0.05, 0) is 23.9 Å². The second-order valence-corrected chi connectivity index (χ2v) is 7.45. The van der Waals surface area contributed by atoms with Gasteiger partial charge < -0.3 is 15.0 Å². The Morgan fingerprint density at radius 2 is 1.92 bits per heavy atom. The number of hydrogen-bond donors (Lipinski definition) is 2. The highest BCUT2D eigenvalue weighted by Crippen LogP contribution is 2.22. The third-order valence-corrected chi connectivity index (χ3v) is 4.30. The fourth-order valence-electron chi connectivity index (χ4n) is 2.66. The second-order valence-electron chi connectivity index (χ2n) is 7.45. The number of rotatable bonds is 9. The Morgan fingerprint density at radius 3 is 2.46 bits per heavy atom. The Morgan fingerprint density at radius 1 is 1.23 bits per heavy atom. The van der Waals surface area contributed by atoms with E-state index in [1.807, 2.05) is 22.9 Å². The Hall–Kier alpha value is -2.47. The van der Waals surface area contributed by atoms with Crippen LogP contribution in [-0.4, -0.2) is 39.0 Å². The monoisotopic (exact) mass is 357 g/mol. The minimum atomic E-state index is -1.01. The summed E-state index contributed by atoms with van der Waals surface area (Å²) < 4.78 is 1.93. The zero-order valence-corrected chi connectivity index (χ0v) is 15.6. The number of carboxylic acid groups (broad SMARTS) is 1. The van der Waals surface area contributed by atoms with Crippen LogP contribution in [0.3, 0.4) is 0 Å². The molecule has 26 heavy (non-hydrogen) atoms. The Labute approximate surface area is 154 Å². The lowest BCUT2D eigenvalue weighted by atomic mass is 9.86. The van der Waals surface area contributed by atoms with Crippen LogP contribution in [0.1, 0.15) is 49.5 Å². The molecule has 0 amide bonds. The molecule has 0 saturated carbocycles. The fourth-order valence-corrected chi connectivity index (χ4v) is 2.66. The quantitative estimate of drug-likeness (QED) is 0.532. The number of carbonyl (C=O) groups is 2. The number of nitrogens with zero attached hydrogens (tertiary/aromatic N) is 2. The number of ketones is 1. The molecule has 140 valence electrons. The first kappa shape index (κ1) is 19.8. The summed E-state index contributed by atoms with van der Waals surface area (Å²) in [4.78, 5) is 27.8. The Bertz CT molecular complexity index is 716. The summed E-state index contributed by atoms with van der Waals surface area (Å²) in [6.07, 6.45) is 5.99. The largest absolute Gasteiger partial charge is 0.480 e. The first-order valence-corrected chi connectivity index (χ1v) is 8.83. The molecule has 6 heteroatoms. The summed E-state index contributed by atoms with van der Waals surface area (Å²) >= 11 is 0. The van der Waals surface area contributed by atoms with E-state index in [2.05, 4.69) is 31.1 Å². The predicted octanol–water partition coefficient (Wildman–Crippen LogP) is 2.89. The molecule has 0 spiro atoms. The van der Waals surface area contributed by atoms with E-state index >= 15 is 0 Å². The molecular formula is C20H27N3O3. The molecule has 1 aromatic heterocycles. The minimum Gasteiger partial charge on any atom is -0.480 e. The van der Waals surface area contributed by atoms with Gasteiger partial charge in [0.05, 0.1) is 6.33 Å². The van der Waals surface area contributed by atoms with Crippen LogP contribution in [0.5, 0.6) is 0 Å². The first-order valence-electron chi connectivity index (χ1n) is 8.83. The van der Waals surface area contributed by atoms with Crippen molar-refractivity contribution >= 4 is 11.8 Å². The van der Waals surface area contributed by atoms with Gasteiger partial charge in [0.2, 0.25) is 0 Å². The molecule has 0 unspecified atom stereocenters. The van der Waals surface area contributed by atoms with Gasteiger partial charge in [0.25, 0.3) is 0 Å². The van der Waals surface area contributed by atoms with Crippen molar-refractivity contribution in [2.45, 2.75) is 51.6 Å². The van der Waals surface area contributed by atoms with Gasteiger partial charge in [0.15, 0.2) is 5.78 Å². The van der Waals surface area contributed by atoms with Gasteiger partial charge in [-0.2, -0.15) is 0 Å². The van der Waals surface area contributed by atoms with Crippen molar-refractivity contribution in [3.05, 3.63) is 54.1 Å². The van der Waals surface area contributed by atoms with E-state index in [1.165, 1.54) is 0 Å². The van der Waals surface area contributed by atoms with E-state index in [0.717, 1.165) is 18.5 Å². The minimum absolute atomic E-state index is 0.0158. The van der Waals surface area contributed by atoms with Gasteiger partial charge in [0, 0.05) is 30.9 Å². The van der Waals surface area contributed by atoms with Crippen molar-refractivity contribution in [3.8, 4) is 0 Å². The zero-order valence-electron chi connectivity index (χ0n) is 15.6. The molecule has 2 rings (SSSR count). The maximum Gasteiger partial charge on any atom is 0.321 e. The van der Waals surface area contributed by atoms with Gasteiger partial charge in [-0.15, -0.1) is 0 Å². The van der Waals surface area contributed by atoms with Crippen LogP contribution in [0.15, 0.2) is 43.0 Å². The van der Waals surface area contributed by atoms with E-state index in [4.69, 9.17) is 0 Å². The normalized spacial score (nSPS) is 12.7. The van der Waals surface area contributed by atoms with E-state index in [9.17, 15) is 14.7 Å². The summed E-state index contributed by atoms with van der Waals surface area (Å²) in [5.74, 6) is -1.17. The first-order chi connectivity index (χ1) is 12.3. The number of carboxylic acids is 1. The average molecular weight is 357 g/mol. The third kappa shape index (κ3) is 5.81. The predicted molar refractivity (Wildman–Crippen MR) is 100 cm³/mol. The van der Waals surface area contributed by atoms with Crippen LogP contribution < -0.4 is 5.32 Å². The summed E-state index contributed by atoms with van der Waals surface area (Å²) in [7, 11) is 0. The number of aliphatic carboxylic acids is 1. The van der Waals surface area contributed by atoms with Crippen LogP contribution in [0.2, 0.25) is 0 Å². The standard InChI is InChI=1S/C20H27N3O3/c1-20(2,3)16-7-5-15(6-8-16)18(24)13-17(19(25)26)22-9-4-11-23-12-10-21-14-23/h5-8,10,12,14,17,22H,4,9,11,13H2,1-3H3,(H,25,26)/t17-/m0/s1. The van der Waals surface area contributed by atoms with Crippen LogP contribution in [0, 0.1) is 0 Å². The number of aromatic nitrogens is 2. The van der Waals surface area contributed by atoms with E-state index in [0.29, 0.717) is 12.1 Å². The number of Topliss-reactive ketones (excluding diaryl/α,β-unsaturated/α-hetero) is 1. The van der Waals surface area contributed by atoms with Gasteiger partial charge in [-0.3, -0.25) is 9.59 Å². The highest BCUT2D eigenvalue weighted by molar-refractivity contribution is 5.98. The molecular weight excluding hydrogens is 330 g/mol. The lowest BCUT2D eigenvalue weighted by Crippen LogP contribution is -2.39. The Balaban J connectivity index is 1.87. The van der Waals surface area contributed by atoms with Gasteiger partial charge in [0.1, 0.15) is 6.04 Å². The molecule has 0 fully saturated rings. The summed E-state index contributed by atoms with van der Waals surface area (Å²) in [6.45, 7) is 7.60. The SMILES string of the molecule is CC(C)(C)c1ccc(C(=O)C[C@H](NCCCn2ccnc2)C(=O)O)cc1. The van der Waals surface area contributed by atoms with E-state index in [-0.39, 0.29) is 17.6 Å². The summed E-state index contributed by atoms with van der Waals surface area (Å²) in [6, 6.07) is 6.54. The summed E-state index contributed by atoms with van der Waals surface area (Å²) in [5.41, 5.74) is 1.70. The number of aryl methyl sites for hydroxylation is 1. The molecule has 0 aliphatic heterocycles. The lowest BCUT2D eigenvalue weighted by Gasteiger charge is -2.19. The van der Waals surface area contributed by atoms with Crippen molar-refractivity contribution in [2.24, 2.45) is 0 Å². The lowest BCUT2D eigenvalue weighted by molar-refractivity contribution is -0.139. The number of imidazole rings is 1. The number of nitrogens with one attached hydrogen (secondary N) is 1. The van der Waals surface area contributed by atoms with Crippen LogP contribution in [-0.2, 0) is 16.8 Å². The zero-order chi connectivity index (χ0) is 19.2. The second kappa shape index (κ2) is 8.76. The van der Waals surface area contributed by atoms with Crippen LogP contribution >= 0.6 is 0 Å². The smallest absolute Gasteiger partial charge is 0.321 e. The molecule has 1 atom stereocenters. The summed E-state index contributed by atoms with van der Waals surface area (Å²) in [5, 5.41) is 12.3. The highest BCUT2D eigenvalue weighted by atomic mass is 16.4. The van der Waals surface area contributed by atoms with E-state index < -0.39 is 12.0 Å². The molecule has 0 radical (unpaired) electrons. The molecule has 0 aliphatic carbocycles. The number of hydrogen-bond acceptors (Lipinski definition) is 4. The van der Waals surface area contributed by atoms with Gasteiger partial charge in [-0.25, -0.2) is 4.98 Å². The maximum atomic E-state index is 12.4. The molecule has 0 saturated heterocycles.